The summed E-state index contributed by atoms with van der Waals surface area (Å²) in [5.74, 6) is 0. The second kappa shape index (κ2) is 6.34. The molecular weight excluding hydrogens is 288 g/mol. The molecule has 0 amide bonds. The van der Waals surface area contributed by atoms with Gasteiger partial charge in [-0.3, -0.25) is 9.58 Å². The van der Waals surface area contributed by atoms with Gasteiger partial charge in [0.05, 0.1) is 12.9 Å². The van der Waals surface area contributed by atoms with Crippen molar-refractivity contribution < 1.29 is 0 Å². The molecule has 0 radical (unpaired) electrons. The van der Waals surface area contributed by atoms with Crippen molar-refractivity contribution in [3.8, 4) is 5.69 Å². The van der Waals surface area contributed by atoms with Gasteiger partial charge in [-0.25, -0.2) is 9.97 Å². The maximum atomic E-state index is 4.23. The van der Waals surface area contributed by atoms with Crippen molar-refractivity contribution in [1.29, 1.82) is 0 Å². The molecule has 1 saturated heterocycles. The molecule has 23 heavy (non-hydrogen) atoms. The zero-order chi connectivity index (χ0) is 15.5. The third kappa shape index (κ3) is 3.17. The van der Waals surface area contributed by atoms with Crippen molar-refractivity contribution in [3.63, 3.8) is 0 Å². The summed E-state index contributed by atoms with van der Waals surface area (Å²) in [6.07, 6.45) is 11.5. The Bertz CT molecular complexity index is 717. The first kappa shape index (κ1) is 14.1. The molecule has 1 aliphatic heterocycles. The third-order valence-electron chi connectivity index (χ3n) is 4.49. The SMILES string of the molecule is c1cn(-c2ccc(CN3CCC[C@H]3Cn3cncn3)cc2)cn1. The topological polar surface area (TPSA) is 51.8 Å². The first-order valence-corrected chi connectivity index (χ1v) is 8.02. The van der Waals surface area contributed by atoms with E-state index >= 15 is 0 Å². The minimum atomic E-state index is 0.546. The summed E-state index contributed by atoms with van der Waals surface area (Å²) in [6, 6.07) is 9.27. The van der Waals surface area contributed by atoms with Crippen LogP contribution in [0, 0.1) is 0 Å². The van der Waals surface area contributed by atoms with Crippen molar-refractivity contribution in [2.24, 2.45) is 0 Å². The molecule has 2 aromatic heterocycles. The Labute approximate surface area is 135 Å². The van der Waals surface area contributed by atoms with Crippen molar-refractivity contribution in [3.05, 3.63) is 61.2 Å². The molecule has 0 N–H and O–H groups in total. The van der Waals surface area contributed by atoms with Gasteiger partial charge in [0.25, 0.3) is 0 Å². The van der Waals surface area contributed by atoms with E-state index in [-0.39, 0.29) is 0 Å². The van der Waals surface area contributed by atoms with Gasteiger partial charge in [0, 0.05) is 30.7 Å². The molecule has 0 unspecified atom stereocenters. The van der Waals surface area contributed by atoms with Crippen molar-refractivity contribution in [1.82, 2.24) is 29.2 Å². The molecule has 0 aliphatic carbocycles. The Morgan fingerprint density at radius 2 is 2.00 bits per heavy atom. The van der Waals surface area contributed by atoms with Crippen LogP contribution in [0.15, 0.2) is 55.6 Å². The largest absolute Gasteiger partial charge is 0.306 e. The van der Waals surface area contributed by atoms with E-state index in [0.717, 1.165) is 25.3 Å². The summed E-state index contributed by atoms with van der Waals surface area (Å²) < 4.78 is 3.96. The Balaban J connectivity index is 1.42. The monoisotopic (exact) mass is 308 g/mol. The lowest BCUT2D eigenvalue weighted by Crippen LogP contribution is -2.32. The number of nitrogens with zero attached hydrogens (tertiary/aromatic N) is 6. The third-order valence-corrected chi connectivity index (χ3v) is 4.49. The van der Waals surface area contributed by atoms with Crippen LogP contribution in [-0.4, -0.2) is 41.8 Å². The molecule has 1 fully saturated rings. The van der Waals surface area contributed by atoms with Gasteiger partial charge < -0.3 is 4.57 Å². The van der Waals surface area contributed by atoms with Crippen LogP contribution in [0.2, 0.25) is 0 Å². The quantitative estimate of drug-likeness (QED) is 0.724. The smallest absolute Gasteiger partial charge is 0.137 e. The predicted molar refractivity (Wildman–Crippen MR) is 87.0 cm³/mol. The summed E-state index contributed by atoms with van der Waals surface area (Å²) in [4.78, 5) is 10.7. The first-order chi connectivity index (χ1) is 11.4. The van der Waals surface area contributed by atoms with E-state index in [4.69, 9.17) is 0 Å². The second-order valence-electron chi connectivity index (χ2n) is 6.02. The highest BCUT2D eigenvalue weighted by Gasteiger charge is 2.24. The normalized spacial score (nSPS) is 18.5. The number of imidazole rings is 1. The average molecular weight is 308 g/mol. The number of likely N-dealkylation sites (tertiary alicyclic amines) is 1. The lowest BCUT2D eigenvalue weighted by Gasteiger charge is -2.24. The Kier molecular flexibility index (Phi) is 3.90. The molecule has 0 bridgehead atoms. The molecule has 118 valence electrons. The molecule has 6 heteroatoms. The van der Waals surface area contributed by atoms with E-state index in [0.29, 0.717) is 6.04 Å². The lowest BCUT2D eigenvalue weighted by atomic mass is 10.1. The van der Waals surface area contributed by atoms with E-state index in [1.807, 2.05) is 21.8 Å². The van der Waals surface area contributed by atoms with Crippen LogP contribution in [0.5, 0.6) is 0 Å². The molecule has 1 atom stereocenters. The fourth-order valence-electron chi connectivity index (χ4n) is 3.27. The fourth-order valence-corrected chi connectivity index (χ4v) is 3.27. The Morgan fingerprint density at radius 3 is 2.74 bits per heavy atom. The van der Waals surface area contributed by atoms with E-state index in [9.17, 15) is 0 Å². The van der Waals surface area contributed by atoms with Gasteiger partial charge in [-0.1, -0.05) is 12.1 Å². The number of hydrogen-bond acceptors (Lipinski definition) is 4. The molecule has 4 rings (SSSR count). The second-order valence-corrected chi connectivity index (χ2v) is 6.02. The van der Waals surface area contributed by atoms with Crippen molar-refractivity contribution >= 4 is 0 Å². The highest BCUT2D eigenvalue weighted by Crippen LogP contribution is 2.21. The van der Waals surface area contributed by atoms with Gasteiger partial charge in [-0.2, -0.15) is 5.10 Å². The van der Waals surface area contributed by atoms with E-state index < -0.39 is 0 Å². The Morgan fingerprint density at radius 1 is 1.09 bits per heavy atom. The molecule has 3 heterocycles. The number of aromatic nitrogens is 5. The minimum Gasteiger partial charge on any atom is -0.306 e. The molecule has 0 saturated carbocycles. The average Bonchev–Trinajstić information content (AvgIpc) is 3.32. The molecular formula is C17H20N6. The summed E-state index contributed by atoms with van der Waals surface area (Å²) in [5, 5.41) is 4.23. The first-order valence-electron chi connectivity index (χ1n) is 8.02. The van der Waals surface area contributed by atoms with Crippen LogP contribution in [-0.2, 0) is 13.1 Å². The van der Waals surface area contributed by atoms with Crippen molar-refractivity contribution in [2.45, 2.75) is 32.0 Å². The molecule has 3 aromatic rings. The van der Waals surface area contributed by atoms with Crippen LogP contribution < -0.4 is 0 Å². The standard InChI is InChI=1S/C17H20N6/c1-2-17(11-23-14-19-12-20-23)21(8-1)10-15-3-5-16(6-4-15)22-9-7-18-13-22/h3-7,9,12-14,17H,1-2,8,10-11H2/t17-/m0/s1. The highest BCUT2D eigenvalue weighted by atomic mass is 15.3. The van der Waals surface area contributed by atoms with Gasteiger partial charge in [0.2, 0.25) is 0 Å². The maximum Gasteiger partial charge on any atom is 0.137 e. The molecule has 0 spiro atoms. The molecule has 1 aliphatic rings. The van der Waals surface area contributed by atoms with Gasteiger partial charge in [-0.05, 0) is 37.1 Å². The summed E-state index contributed by atoms with van der Waals surface area (Å²) >= 11 is 0. The number of rotatable bonds is 5. The lowest BCUT2D eigenvalue weighted by molar-refractivity contribution is 0.219. The molecule has 6 nitrogen and oxygen atoms in total. The van der Waals surface area contributed by atoms with E-state index in [2.05, 4.69) is 44.2 Å². The van der Waals surface area contributed by atoms with Crippen LogP contribution in [0.4, 0.5) is 0 Å². The minimum absolute atomic E-state index is 0.546. The van der Waals surface area contributed by atoms with Crippen LogP contribution >= 0.6 is 0 Å². The van der Waals surface area contributed by atoms with Crippen molar-refractivity contribution in [2.75, 3.05) is 6.54 Å². The zero-order valence-corrected chi connectivity index (χ0v) is 13.0. The van der Waals surface area contributed by atoms with Gasteiger partial charge in [-0.15, -0.1) is 0 Å². The summed E-state index contributed by atoms with van der Waals surface area (Å²) in [6.45, 7) is 3.07. The summed E-state index contributed by atoms with van der Waals surface area (Å²) in [5.41, 5.74) is 2.49. The van der Waals surface area contributed by atoms with E-state index in [1.165, 1.54) is 18.4 Å². The number of benzene rings is 1. The van der Waals surface area contributed by atoms with Crippen LogP contribution in [0.25, 0.3) is 5.69 Å². The zero-order valence-electron chi connectivity index (χ0n) is 13.0. The van der Waals surface area contributed by atoms with Gasteiger partial charge >= 0.3 is 0 Å². The van der Waals surface area contributed by atoms with Gasteiger partial charge in [0.15, 0.2) is 0 Å². The fraction of sp³-hybridized carbons (Fsp3) is 0.353. The predicted octanol–water partition coefficient (Wildman–Crippen LogP) is 2.13. The highest BCUT2D eigenvalue weighted by molar-refractivity contribution is 5.34. The van der Waals surface area contributed by atoms with Gasteiger partial charge in [0.1, 0.15) is 12.7 Å². The summed E-state index contributed by atoms with van der Waals surface area (Å²) in [7, 11) is 0. The van der Waals surface area contributed by atoms with E-state index in [1.54, 1.807) is 18.9 Å². The molecule has 1 aromatic carbocycles. The number of hydrogen-bond donors (Lipinski definition) is 0. The maximum absolute atomic E-state index is 4.23. The van der Waals surface area contributed by atoms with Crippen LogP contribution in [0.3, 0.4) is 0 Å². The Hall–Kier alpha value is -2.47. The van der Waals surface area contributed by atoms with Crippen LogP contribution in [0.1, 0.15) is 18.4 Å².